The van der Waals surface area contributed by atoms with Crippen molar-refractivity contribution in [3.8, 4) is 0 Å². The van der Waals surface area contributed by atoms with Crippen LogP contribution < -0.4 is 48.7 Å². The number of hydrogen-bond acceptors (Lipinski definition) is 13. The molecule has 3 heterocycles. The molecule has 1 aliphatic rings. The lowest BCUT2D eigenvalue weighted by Gasteiger charge is -2.31. The topological polar surface area (TPSA) is 341 Å². The van der Waals surface area contributed by atoms with Crippen molar-refractivity contribution in [2.24, 2.45) is 23.3 Å². The van der Waals surface area contributed by atoms with Gasteiger partial charge in [-0.1, -0.05) is 75.7 Å². The fourth-order valence-corrected chi connectivity index (χ4v) is 10.3. The molecule has 2 aromatic heterocycles. The third-order valence-corrected chi connectivity index (χ3v) is 14.5. The lowest BCUT2D eigenvalue weighted by atomic mass is 10.0. The van der Waals surface area contributed by atoms with Crippen LogP contribution in [0.4, 0.5) is 0 Å². The summed E-state index contributed by atoms with van der Waals surface area (Å²) in [5, 5.41) is 20.1. The second-order valence-corrected chi connectivity index (χ2v) is 21.9. The number of hydrogen-bond donors (Lipinski definition) is 11. The number of halogens is 1. The van der Waals surface area contributed by atoms with Crippen LogP contribution in [0.15, 0.2) is 67.3 Å². The van der Waals surface area contributed by atoms with Gasteiger partial charge in [-0.15, -0.1) is 11.8 Å². The van der Waals surface area contributed by atoms with Crippen molar-refractivity contribution >= 4 is 87.4 Å². The first kappa shape index (κ1) is 61.8. The van der Waals surface area contributed by atoms with E-state index in [0.29, 0.717) is 46.4 Å². The van der Waals surface area contributed by atoms with Crippen LogP contribution in [0.5, 0.6) is 0 Å². The Morgan fingerprint density at radius 2 is 1.44 bits per heavy atom. The van der Waals surface area contributed by atoms with E-state index in [9.17, 15) is 43.2 Å². The number of carbonyl (C=O) groups is 9. The number of rotatable bonds is 29. The van der Waals surface area contributed by atoms with Crippen molar-refractivity contribution < 1.29 is 43.2 Å². The molecule has 5 rings (SSSR count). The normalized spacial score (nSPS) is 16.2. The van der Waals surface area contributed by atoms with E-state index in [1.165, 1.54) is 19.4 Å². The van der Waals surface area contributed by atoms with Gasteiger partial charge in [-0.2, -0.15) is 0 Å². The zero-order valence-electron chi connectivity index (χ0n) is 45.2. The Hall–Kier alpha value is -7.02. The van der Waals surface area contributed by atoms with Crippen LogP contribution in [-0.2, 0) is 62.4 Å². The molecule has 25 heteroatoms. The highest BCUT2D eigenvalue weighted by Crippen LogP contribution is 2.24. The van der Waals surface area contributed by atoms with Gasteiger partial charge < -0.3 is 63.6 Å². The van der Waals surface area contributed by atoms with Gasteiger partial charge in [-0.05, 0) is 61.3 Å². The van der Waals surface area contributed by atoms with Gasteiger partial charge in [0.05, 0.1) is 25.0 Å². The minimum atomic E-state index is -1.37. The predicted molar refractivity (Wildman–Crippen MR) is 297 cm³/mol. The number of aromatic amines is 2. The third-order valence-electron chi connectivity index (χ3n) is 13.1. The van der Waals surface area contributed by atoms with E-state index in [-0.39, 0.29) is 56.0 Å². The first-order valence-electron chi connectivity index (χ1n) is 25.9. The molecular formula is C53H75ClN14O9S. The number of para-hydroxylation sites is 1. The van der Waals surface area contributed by atoms with Crippen molar-refractivity contribution in [2.45, 2.75) is 121 Å². The molecule has 0 aliphatic carbocycles. The quantitative estimate of drug-likeness (QED) is 0.0351. The fourth-order valence-electron chi connectivity index (χ4n) is 8.89. The summed E-state index contributed by atoms with van der Waals surface area (Å²) in [7, 11) is 3.42. The molecule has 8 atom stereocenters. The molecule has 9 amide bonds. The molecule has 0 unspecified atom stereocenters. The van der Waals surface area contributed by atoms with Crippen LogP contribution in [0, 0.1) is 11.8 Å². The molecule has 0 radical (unpaired) electrons. The maximum absolute atomic E-state index is 14.2. The highest BCUT2D eigenvalue weighted by molar-refractivity contribution is 7.99. The second kappa shape index (κ2) is 29.6. The molecule has 424 valence electrons. The maximum Gasteiger partial charge on any atom is 0.243 e. The summed E-state index contributed by atoms with van der Waals surface area (Å²) in [5.41, 5.74) is 14.2. The average Bonchev–Trinajstić information content (AvgIpc) is 4.18. The number of benzene rings is 2. The largest absolute Gasteiger partial charge is 0.370 e. The summed E-state index contributed by atoms with van der Waals surface area (Å²) in [6.45, 7) is 8.66. The van der Waals surface area contributed by atoms with Gasteiger partial charge in [-0.25, -0.2) is 4.98 Å². The smallest absolute Gasteiger partial charge is 0.243 e. The summed E-state index contributed by atoms with van der Waals surface area (Å²) in [6.07, 6.45) is 4.74. The Morgan fingerprint density at radius 1 is 0.769 bits per heavy atom. The Morgan fingerprint density at radius 3 is 2.10 bits per heavy atom. The molecule has 23 nitrogen and oxygen atoms in total. The van der Waals surface area contributed by atoms with E-state index in [0.717, 1.165) is 10.9 Å². The fraction of sp³-hybridized carbons (Fsp3) is 0.509. The SMILES string of the molecule is CC(C)C[C@@H](CN1CSC[C@H]1C(=O)N(C)C)NC(=O)[C@H](Cc1cnc[nH]1)NC(=O)CNC(=O)[C@@H](NC(=O)[C@H](C)NC(=O)[C@H](Cc1c[nH]c2ccccc12)NC(=O)[C@H](CCC(N)=O)NC(=O)[C@H](N)Cc1ccccc1Cl)C(C)C. The van der Waals surface area contributed by atoms with Crippen LogP contribution in [0.25, 0.3) is 10.9 Å². The number of aromatic nitrogens is 3. The Balaban J connectivity index is 1.24. The highest BCUT2D eigenvalue weighted by atomic mass is 35.5. The first-order valence-corrected chi connectivity index (χ1v) is 27.5. The monoisotopic (exact) mass is 1120 g/mol. The van der Waals surface area contributed by atoms with E-state index in [1.807, 2.05) is 32.0 Å². The number of nitrogens with zero attached hydrogens (tertiary/aromatic N) is 3. The van der Waals surface area contributed by atoms with Gasteiger partial charge >= 0.3 is 0 Å². The molecule has 78 heavy (non-hydrogen) atoms. The molecule has 2 aromatic carbocycles. The molecule has 0 spiro atoms. The molecular weight excluding hydrogens is 1040 g/mol. The lowest BCUT2D eigenvalue weighted by molar-refractivity contribution is -0.135. The van der Waals surface area contributed by atoms with Crippen LogP contribution in [-0.4, -0.2) is 165 Å². The van der Waals surface area contributed by atoms with Crippen LogP contribution >= 0.6 is 23.4 Å². The van der Waals surface area contributed by atoms with Crippen LogP contribution in [0.3, 0.4) is 0 Å². The number of amides is 9. The van der Waals surface area contributed by atoms with Crippen LogP contribution in [0.2, 0.25) is 5.02 Å². The average molecular weight is 1120 g/mol. The Bertz CT molecular complexity index is 2720. The molecule has 1 fully saturated rings. The van der Waals surface area contributed by atoms with Gasteiger partial charge in [0.1, 0.15) is 30.2 Å². The zero-order chi connectivity index (χ0) is 57.2. The van der Waals surface area contributed by atoms with Crippen molar-refractivity contribution in [1.29, 1.82) is 0 Å². The summed E-state index contributed by atoms with van der Waals surface area (Å²) in [6, 6.07) is 5.98. The number of thioether (sulfide) groups is 1. The van der Waals surface area contributed by atoms with Crippen molar-refractivity contribution in [2.75, 3.05) is 38.8 Å². The summed E-state index contributed by atoms with van der Waals surface area (Å²) >= 11 is 7.94. The molecule has 0 bridgehead atoms. The zero-order valence-corrected chi connectivity index (χ0v) is 46.7. The van der Waals surface area contributed by atoms with Gasteiger partial charge in [-0.3, -0.25) is 48.1 Å². The lowest BCUT2D eigenvalue weighted by Crippen LogP contribution is -2.59. The van der Waals surface area contributed by atoms with E-state index < -0.39 is 96.0 Å². The highest BCUT2D eigenvalue weighted by Gasteiger charge is 2.36. The number of nitrogens with two attached hydrogens (primary N) is 2. The van der Waals surface area contributed by atoms with E-state index in [2.05, 4.69) is 57.1 Å². The van der Waals surface area contributed by atoms with Gasteiger partial charge in [0, 0.05) is 91.6 Å². The number of carbonyl (C=O) groups excluding carboxylic acids is 9. The van der Waals surface area contributed by atoms with Crippen molar-refractivity contribution in [3.05, 3.63) is 89.1 Å². The summed E-state index contributed by atoms with van der Waals surface area (Å²) in [4.78, 5) is 135. The number of nitrogens with one attached hydrogen (secondary N) is 9. The van der Waals surface area contributed by atoms with E-state index >= 15 is 0 Å². The number of primary amides is 1. The summed E-state index contributed by atoms with van der Waals surface area (Å²) < 4.78 is 0. The van der Waals surface area contributed by atoms with Gasteiger partial charge in [0.15, 0.2) is 0 Å². The minimum absolute atomic E-state index is 0.0186. The standard InChI is InChI=1S/C53H75ClN14O9S/c1-29(2)18-35(25-68-28-78-26-43(68)53(77)67(6)7)62-51(75)42(21-34-23-57-27-60-34)63-45(70)24-59-52(76)46(30(3)4)66-47(71)31(5)61-50(74)41(20-33-22-58-39-15-11-9-13-36(33)39)65-49(73)40(16-17-44(56)69)64-48(72)38(55)19-32-12-8-10-14-37(32)54/h8-15,22-23,27,29-31,35,38,40-43,46,58H,16-21,24-26,28,55H2,1-7H3,(H2,56,69)(H,57,60)(H,59,76)(H,61,74)(H,62,75)(H,63,70)(H,64,72)(H,65,73)(H,66,71)/t31-,35-,38+,40-,41-,42-,43-,46-/m0/s1. The Kier molecular flexibility index (Phi) is 23.5. The second-order valence-electron chi connectivity index (χ2n) is 20.5. The number of H-pyrrole nitrogens is 2. The Labute approximate surface area is 463 Å². The van der Waals surface area contributed by atoms with Gasteiger partial charge in [0.2, 0.25) is 53.2 Å². The number of fused-ring (bicyclic) bond motifs is 1. The van der Waals surface area contributed by atoms with Crippen molar-refractivity contribution in [1.82, 2.24) is 62.0 Å². The first-order chi connectivity index (χ1) is 37.0. The molecule has 0 saturated carbocycles. The molecule has 4 aromatic rings. The number of imidazole rings is 1. The van der Waals surface area contributed by atoms with E-state index in [4.69, 9.17) is 23.1 Å². The minimum Gasteiger partial charge on any atom is -0.370 e. The molecule has 1 aliphatic heterocycles. The number of likely N-dealkylation sites (N-methyl/N-ethyl adjacent to an activating group) is 1. The molecule has 1 saturated heterocycles. The molecule has 13 N–H and O–H groups in total. The van der Waals surface area contributed by atoms with Gasteiger partial charge in [0.25, 0.3) is 0 Å². The maximum atomic E-state index is 14.2. The van der Waals surface area contributed by atoms with E-state index in [1.54, 1.807) is 81.1 Å². The van der Waals surface area contributed by atoms with Crippen LogP contribution in [0.1, 0.15) is 70.7 Å². The third kappa shape index (κ3) is 18.6. The predicted octanol–water partition coefficient (Wildman–Crippen LogP) is 0.375. The summed E-state index contributed by atoms with van der Waals surface area (Å²) in [5.74, 6) is -4.83. The van der Waals surface area contributed by atoms with Crippen molar-refractivity contribution in [3.63, 3.8) is 0 Å².